The van der Waals surface area contributed by atoms with E-state index in [2.05, 4.69) is 30.6 Å². The summed E-state index contributed by atoms with van der Waals surface area (Å²) in [4.78, 5) is 5.43. The van der Waals surface area contributed by atoms with E-state index in [1.54, 1.807) is 0 Å². The van der Waals surface area contributed by atoms with Gasteiger partial charge in [0, 0.05) is 37.1 Å². The van der Waals surface area contributed by atoms with Gasteiger partial charge in [-0.15, -0.1) is 0 Å². The fourth-order valence-corrected chi connectivity index (χ4v) is 3.74. The second-order valence-corrected chi connectivity index (χ2v) is 7.81. The Bertz CT molecular complexity index is 282. The van der Waals surface area contributed by atoms with Gasteiger partial charge in [0.15, 0.2) is 0 Å². The van der Waals surface area contributed by atoms with E-state index in [0.29, 0.717) is 11.0 Å². The fourth-order valence-electron chi connectivity index (χ4n) is 3.74. The van der Waals surface area contributed by atoms with Crippen LogP contribution in [-0.2, 0) is 0 Å². The van der Waals surface area contributed by atoms with Crippen molar-refractivity contribution in [3.05, 3.63) is 0 Å². The monoisotopic (exact) mass is 236 g/mol. The van der Waals surface area contributed by atoms with E-state index < -0.39 is 0 Å². The van der Waals surface area contributed by atoms with Crippen LogP contribution in [0, 0.1) is 11.3 Å². The van der Waals surface area contributed by atoms with E-state index in [4.69, 9.17) is 0 Å². The molecule has 98 valence electrons. The van der Waals surface area contributed by atoms with Crippen LogP contribution in [-0.4, -0.2) is 48.1 Å². The zero-order valence-corrected chi connectivity index (χ0v) is 11.8. The Morgan fingerprint density at radius 2 is 1.82 bits per heavy atom. The summed E-state index contributed by atoms with van der Waals surface area (Å²) in [5.41, 5.74) is 1.03. The minimum atomic E-state index is 0.365. The summed E-state index contributed by atoms with van der Waals surface area (Å²) in [5, 5.41) is 0. The van der Waals surface area contributed by atoms with Gasteiger partial charge in [0.2, 0.25) is 0 Å². The summed E-state index contributed by atoms with van der Waals surface area (Å²) in [6.07, 6.45) is 5.88. The Labute approximate surface area is 106 Å². The van der Waals surface area contributed by atoms with Crippen molar-refractivity contribution >= 4 is 0 Å². The van der Waals surface area contributed by atoms with Crippen molar-refractivity contribution in [2.75, 3.05) is 32.7 Å². The number of likely N-dealkylation sites (tertiary alicyclic amines) is 2. The van der Waals surface area contributed by atoms with Crippen molar-refractivity contribution in [1.82, 2.24) is 9.80 Å². The van der Waals surface area contributed by atoms with Crippen molar-refractivity contribution in [1.29, 1.82) is 0 Å². The molecule has 3 rings (SSSR count). The molecule has 0 N–H and O–H groups in total. The number of rotatable bonds is 2. The van der Waals surface area contributed by atoms with Crippen LogP contribution in [0.25, 0.3) is 0 Å². The summed E-state index contributed by atoms with van der Waals surface area (Å²) in [6.45, 7) is 13.9. The maximum atomic E-state index is 2.71. The lowest BCUT2D eigenvalue weighted by Gasteiger charge is -2.57. The molecule has 0 aromatic carbocycles. The smallest absolute Gasteiger partial charge is 0.0125 e. The zero-order chi connectivity index (χ0) is 12.1. The number of nitrogens with zero attached hydrogens (tertiary/aromatic N) is 2. The van der Waals surface area contributed by atoms with E-state index >= 15 is 0 Å². The Hall–Kier alpha value is -0.0800. The Balaban J connectivity index is 1.54. The van der Waals surface area contributed by atoms with Crippen molar-refractivity contribution in [3.8, 4) is 0 Å². The number of piperidine rings is 1. The van der Waals surface area contributed by atoms with Crippen LogP contribution < -0.4 is 0 Å². The predicted octanol–water partition coefficient (Wildman–Crippen LogP) is 2.59. The summed E-state index contributed by atoms with van der Waals surface area (Å²) >= 11 is 0. The molecule has 0 unspecified atom stereocenters. The standard InChI is InChI=1S/C15H28N2/c1-14(2,3)17-8-4-7-15(12-17)10-16(11-15)9-13-5-6-13/h13H,4-12H2,1-3H3. The molecule has 0 aromatic heterocycles. The van der Waals surface area contributed by atoms with Crippen LogP contribution in [0.2, 0.25) is 0 Å². The Kier molecular flexibility index (Phi) is 2.79. The minimum absolute atomic E-state index is 0.365. The van der Waals surface area contributed by atoms with E-state index in [9.17, 15) is 0 Å². The lowest BCUT2D eigenvalue weighted by atomic mass is 9.72. The van der Waals surface area contributed by atoms with Gasteiger partial charge < -0.3 is 4.90 Å². The van der Waals surface area contributed by atoms with Crippen molar-refractivity contribution in [2.45, 2.75) is 52.0 Å². The van der Waals surface area contributed by atoms with Crippen molar-refractivity contribution < 1.29 is 0 Å². The summed E-state index contributed by atoms with van der Waals surface area (Å²) in [5.74, 6) is 1.06. The molecule has 3 aliphatic rings. The third-order valence-electron chi connectivity index (χ3n) is 4.94. The normalized spacial score (nSPS) is 30.5. The van der Waals surface area contributed by atoms with E-state index in [0.717, 1.165) is 5.92 Å². The van der Waals surface area contributed by atoms with Crippen molar-refractivity contribution in [3.63, 3.8) is 0 Å². The molecule has 0 bridgehead atoms. The molecule has 0 radical (unpaired) electrons. The first-order valence-corrected chi connectivity index (χ1v) is 7.44. The maximum absolute atomic E-state index is 2.71. The molecule has 17 heavy (non-hydrogen) atoms. The summed E-state index contributed by atoms with van der Waals surface area (Å²) in [7, 11) is 0. The van der Waals surface area contributed by atoms with Gasteiger partial charge >= 0.3 is 0 Å². The first-order valence-electron chi connectivity index (χ1n) is 7.44. The highest BCUT2D eigenvalue weighted by atomic mass is 15.3. The van der Waals surface area contributed by atoms with Gasteiger partial charge in [-0.05, 0) is 58.9 Å². The quantitative estimate of drug-likeness (QED) is 0.727. The first-order chi connectivity index (χ1) is 7.97. The second-order valence-electron chi connectivity index (χ2n) is 7.81. The van der Waals surface area contributed by atoms with Gasteiger partial charge in [-0.2, -0.15) is 0 Å². The molecule has 2 heteroatoms. The number of hydrogen-bond donors (Lipinski definition) is 0. The molecule has 2 saturated heterocycles. The van der Waals surface area contributed by atoms with Gasteiger partial charge in [0.1, 0.15) is 0 Å². The van der Waals surface area contributed by atoms with Gasteiger partial charge in [0.05, 0.1) is 0 Å². The average molecular weight is 236 g/mol. The molecule has 2 aliphatic heterocycles. The van der Waals surface area contributed by atoms with Crippen LogP contribution in [0.3, 0.4) is 0 Å². The molecule has 0 atom stereocenters. The lowest BCUT2D eigenvalue weighted by molar-refractivity contribution is -0.0765. The van der Waals surface area contributed by atoms with E-state index in [-0.39, 0.29) is 0 Å². The molecule has 3 fully saturated rings. The summed E-state index contributed by atoms with van der Waals surface area (Å²) in [6, 6.07) is 0. The average Bonchev–Trinajstić information content (AvgIpc) is 2.98. The van der Waals surface area contributed by atoms with Gasteiger partial charge in [-0.1, -0.05) is 0 Å². The summed E-state index contributed by atoms with van der Waals surface area (Å²) < 4.78 is 0. The van der Waals surface area contributed by atoms with Crippen molar-refractivity contribution in [2.24, 2.45) is 11.3 Å². The topological polar surface area (TPSA) is 6.48 Å². The van der Waals surface area contributed by atoms with Crippen LogP contribution >= 0.6 is 0 Å². The lowest BCUT2D eigenvalue weighted by Crippen LogP contribution is -2.65. The molecule has 1 aliphatic carbocycles. The van der Waals surface area contributed by atoms with Gasteiger partial charge in [-0.25, -0.2) is 0 Å². The second kappa shape index (κ2) is 3.96. The highest BCUT2D eigenvalue weighted by Crippen LogP contribution is 2.42. The molecule has 2 nitrogen and oxygen atoms in total. The Morgan fingerprint density at radius 1 is 1.12 bits per heavy atom. The molecule has 2 heterocycles. The van der Waals surface area contributed by atoms with Gasteiger partial charge in [0.25, 0.3) is 0 Å². The highest BCUT2D eigenvalue weighted by Gasteiger charge is 2.47. The fraction of sp³-hybridized carbons (Fsp3) is 1.00. The molecule has 1 spiro atoms. The van der Waals surface area contributed by atoms with Crippen LogP contribution in [0.4, 0.5) is 0 Å². The third-order valence-corrected chi connectivity index (χ3v) is 4.94. The molecular weight excluding hydrogens is 208 g/mol. The Morgan fingerprint density at radius 3 is 2.41 bits per heavy atom. The molecule has 0 amide bonds. The minimum Gasteiger partial charge on any atom is -0.302 e. The first kappa shape index (κ1) is 12.0. The van der Waals surface area contributed by atoms with Gasteiger partial charge in [-0.3, -0.25) is 4.90 Å². The molecule has 0 aromatic rings. The highest BCUT2D eigenvalue weighted by molar-refractivity contribution is 5.02. The zero-order valence-electron chi connectivity index (χ0n) is 11.8. The number of hydrogen-bond acceptors (Lipinski definition) is 2. The van der Waals surface area contributed by atoms with Crippen LogP contribution in [0.1, 0.15) is 46.5 Å². The molecule has 1 saturated carbocycles. The SMILES string of the molecule is CC(C)(C)N1CCCC2(CN(CC3CC3)C2)C1. The predicted molar refractivity (Wildman–Crippen MR) is 72.2 cm³/mol. The van der Waals surface area contributed by atoms with Crippen LogP contribution in [0.5, 0.6) is 0 Å². The van der Waals surface area contributed by atoms with E-state index in [1.807, 2.05) is 0 Å². The third kappa shape index (κ3) is 2.53. The largest absolute Gasteiger partial charge is 0.302 e. The van der Waals surface area contributed by atoms with E-state index in [1.165, 1.54) is 58.4 Å². The van der Waals surface area contributed by atoms with Crippen LogP contribution in [0.15, 0.2) is 0 Å². The molecular formula is C15H28N2. The maximum Gasteiger partial charge on any atom is 0.0125 e.